The van der Waals surface area contributed by atoms with Crippen LogP contribution in [-0.4, -0.2) is 48.8 Å². The Morgan fingerprint density at radius 1 is 1.00 bits per heavy atom. The van der Waals surface area contributed by atoms with Gasteiger partial charge in [-0.3, -0.25) is 19.2 Å². The molecule has 2 rings (SSSR count). The van der Waals surface area contributed by atoms with E-state index in [9.17, 15) is 19.2 Å². The van der Waals surface area contributed by atoms with Gasteiger partial charge in [-0.05, 0) is 0 Å². The van der Waals surface area contributed by atoms with Gasteiger partial charge in [0.2, 0.25) is 6.29 Å². The molecule has 2 aliphatic rings. The molecule has 1 saturated heterocycles. The van der Waals surface area contributed by atoms with Crippen LogP contribution in [-0.2, 0) is 38.1 Å². The zero-order chi connectivity index (χ0) is 15.7. The number of esters is 3. The maximum absolute atomic E-state index is 11.8. The molecule has 5 unspecified atom stereocenters. The Balaban J connectivity index is 2.11. The number of hydrogen-bond donors (Lipinski definition) is 0. The molecule has 1 saturated carbocycles. The lowest BCUT2D eigenvalue weighted by Crippen LogP contribution is -2.47. The molecule has 8 heteroatoms. The summed E-state index contributed by atoms with van der Waals surface area (Å²) in [5, 5.41) is 0. The summed E-state index contributed by atoms with van der Waals surface area (Å²) < 4.78 is 20.3. The Bertz CT molecular complexity index is 485. The Morgan fingerprint density at radius 3 is 2.14 bits per heavy atom. The molecule has 0 bridgehead atoms. The summed E-state index contributed by atoms with van der Waals surface area (Å²) in [6.07, 6.45) is -2.85. The maximum Gasteiger partial charge on any atom is 0.305 e. The van der Waals surface area contributed by atoms with E-state index in [2.05, 4.69) is 0 Å². The summed E-state index contributed by atoms with van der Waals surface area (Å²) in [5.74, 6) is -3.00. The van der Waals surface area contributed by atoms with Gasteiger partial charge in [0.25, 0.3) is 0 Å². The Kier molecular flexibility index (Phi) is 4.26. The molecule has 21 heavy (non-hydrogen) atoms. The van der Waals surface area contributed by atoms with Crippen LogP contribution >= 0.6 is 0 Å². The highest BCUT2D eigenvalue weighted by molar-refractivity contribution is 6.01. The quantitative estimate of drug-likeness (QED) is 0.509. The van der Waals surface area contributed by atoms with Crippen molar-refractivity contribution in [3.8, 4) is 0 Å². The molecule has 0 spiro atoms. The van der Waals surface area contributed by atoms with E-state index in [1.807, 2.05) is 0 Å². The lowest BCUT2D eigenvalue weighted by molar-refractivity contribution is -0.249. The Hall–Kier alpha value is -1.96. The third-order valence-corrected chi connectivity index (χ3v) is 3.30. The highest BCUT2D eigenvalue weighted by atomic mass is 16.7. The van der Waals surface area contributed by atoms with Gasteiger partial charge in [0.1, 0.15) is 18.5 Å². The van der Waals surface area contributed by atoms with Gasteiger partial charge in [-0.2, -0.15) is 0 Å². The molecule has 0 aromatic heterocycles. The topological polar surface area (TPSA) is 105 Å². The molecule has 0 aromatic rings. The first-order valence-electron chi connectivity index (χ1n) is 6.48. The predicted molar refractivity (Wildman–Crippen MR) is 64.6 cm³/mol. The first-order valence-corrected chi connectivity index (χ1v) is 6.48. The van der Waals surface area contributed by atoms with E-state index in [0.717, 1.165) is 0 Å². The van der Waals surface area contributed by atoms with Crippen molar-refractivity contribution in [2.45, 2.75) is 39.3 Å². The second kappa shape index (κ2) is 5.80. The molecule has 1 aliphatic carbocycles. The van der Waals surface area contributed by atoms with Gasteiger partial charge < -0.3 is 18.9 Å². The van der Waals surface area contributed by atoms with E-state index in [0.29, 0.717) is 0 Å². The van der Waals surface area contributed by atoms with Crippen molar-refractivity contribution in [3.05, 3.63) is 0 Å². The number of ether oxygens (including phenoxy) is 4. The number of ketones is 1. The van der Waals surface area contributed by atoms with E-state index in [-0.39, 0.29) is 12.4 Å². The summed E-state index contributed by atoms with van der Waals surface area (Å²) in [7, 11) is 0. The fourth-order valence-corrected chi connectivity index (χ4v) is 2.48. The van der Waals surface area contributed by atoms with Gasteiger partial charge >= 0.3 is 17.9 Å². The molecule has 5 atom stereocenters. The lowest BCUT2D eigenvalue weighted by atomic mass is 10.1. The van der Waals surface area contributed by atoms with Crippen LogP contribution in [0.2, 0.25) is 0 Å². The van der Waals surface area contributed by atoms with Gasteiger partial charge in [0.05, 0.1) is 11.8 Å². The summed E-state index contributed by atoms with van der Waals surface area (Å²) >= 11 is 0. The van der Waals surface area contributed by atoms with Crippen LogP contribution in [0.5, 0.6) is 0 Å². The van der Waals surface area contributed by atoms with Crippen molar-refractivity contribution in [2.75, 3.05) is 6.61 Å². The minimum absolute atomic E-state index is 0.118. The molecular weight excluding hydrogens is 284 g/mol. The monoisotopic (exact) mass is 300 g/mol. The summed E-state index contributed by atoms with van der Waals surface area (Å²) in [6, 6.07) is 0. The van der Waals surface area contributed by atoms with Crippen molar-refractivity contribution in [1.82, 2.24) is 0 Å². The fraction of sp³-hybridized carbons (Fsp3) is 0.692. The zero-order valence-corrected chi connectivity index (χ0v) is 11.9. The molecule has 0 aromatic carbocycles. The SMILES string of the molecule is CC(=O)OCC1OC(OC(C)=O)C(OC(C)=O)C2C(=O)C12. The van der Waals surface area contributed by atoms with Crippen molar-refractivity contribution in [2.24, 2.45) is 11.8 Å². The molecule has 0 amide bonds. The highest BCUT2D eigenvalue weighted by Gasteiger charge is 2.66. The van der Waals surface area contributed by atoms with Crippen molar-refractivity contribution in [1.29, 1.82) is 0 Å². The summed E-state index contributed by atoms with van der Waals surface area (Å²) in [4.78, 5) is 44.9. The van der Waals surface area contributed by atoms with E-state index in [1.54, 1.807) is 0 Å². The molecular formula is C13H16O8. The van der Waals surface area contributed by atoms with Crippen LogP contribution in [0.25, 0.3) is 0 Å². The Labute approximate surface area is 120 Å². The largest absolute Gasteiger partial charge is 0.463 e. The molecule has 1 heterocycles. The second-order valence-electron chi connectivity index (χ2n) is 4.98. The highest BCUT2D eigenvalue weighted by Crippen LogP contribution is 2.47. The van der Waals surface area contributed by atoms with Gasteiger partial charge in [-0.15, -0.1) is 0 Å². The van der Waals surface area contributed by atoms with Crippen LogP contribution in [0.4, 0.5) is 0 Å². The van der Waals surface area contributed by atoms with Crippen LogP contribution in [0, 0.1) is 11.8 Å². The fourth-order valence-electron chi connectivity index (χ4n) is 2.48. The van der Waals surface area contributed by atoms with E-state index < -0.39 is 48.2 Å². The van der Waals surface area contributed by atoms with Crippen molar-refractivity contribution < 1.29 is 38.1 Å². The van der Waals surface area contributed by atoms with Gasteiger partial charge in [-0.25, -0.2) is 0 Å². The standard InChI is InChI=1S/C13H16O8/c1-5(14)18-4-8-9-10(11(9)17)12(19-6(2)15)13(21-8)20-7(3)16/h8-10,12-13H,4H2,1-3H3. The van der Waals surface area contributed by atoms with E-state index in [4.69, 9.17) is 18.9 Å². The normalized spacial score (nSPS) is 33.7. The number of rotatable bonds is 4. The predicted octanol–water partition coefficient (Wildman–Crippen LogP) is -0.416. The van der Waals surface area contributed by atoms with Gasteiger partial charge in [-0.1, -0.05) is 0 Å². The van der Waals surface area contributed by atoms with Crippen LogP contribution in [0.15, 0.2) is 0 Å². The lowest BCUT2D eigenvalue weighted by Gasteiger charge is -2.33. The molecule has 1 aliphatic heterocycles. The van der Waals surface area contributed by atoms with Crippen LogP contribution in [0.3, 0.4) is 0 Å². The molecule has 8 nitrogen and oxygen atoms in total. The van der Waals surface area contributed by atoms with E-state index >= 15 is 0 Å². The number of carbonyl (C=O) groups excluding carboxylic acids is 4. The first kappa shape index (κ1) is 15.4. The smallest absolute Gasteiger partial charge is 0.305 e. The van der Waals surface area contributed by atoms with E-state index in [1.165, 1.54) is 20.8 Å². The van der Waals surface area contributed by atoms with Crippen molar-refractivity contribution in [3.63, 3.8) is 0 Å². The molecule has 0 radical (unpaired) electrons. The van der Waals surface area contributed by atoms with Crippen molar-refractivity contribution >= 4 is 23.7 Å². The number of hydrogen-bond acceptors (Lipinski definition) is 8. The van der Waals surface area contributed by atoms with Crippen LogP contribution < -0.4 is 0 Å². The Morgan fingerprint density at radius 2 is 1.62 bits per heavy atom. The summed E-state index contributed by atoms with van der Waals surface area (Å²) in [5.41, 5.74) is 0. The maximum atomic E-state index is 11.8. The minimum Gasteiger partial charge on any atom is -0.463 e. The number of Topliss-reactive ketones (excluding diaryl/α,β-unsaturated/α-hetero) is 1. The van der Waals surface area contributed by atoms with Gasteiger partial charge in [0.15, 0.2) is 6.10 Å². The minimum atomic E-state index is -1.18. The van der Waals surface area contributed by atoms with Crippen LogP contribution in [0.1, 0.15) is 20.8 Å². The van der Waals surface area contributed by atoms with Gasteiger partial charge in [0, 0.05) is 20.8 Å². The summed E-state index contributed by atoms with van der Waals surface area (Å²) in [6.45, 7) is 3.49. The first-order chi connectivity index (χ1) is 9.81. The molecule has 0 N–H and O–H groups in total. The molecule has 116 valence electrons. The average molecular weight is 300 g/mol. The second-order valence-corrected chi connectivity index (χ2v) is 4.98. The third kappa shape index (κ3) is 3.38. The number of carbonyl (C=O) groups is 4. The number of fused-ring (bicyclic) bond motifs is 1. The molecule has 2 fully saturated rings. The average Bonchev–Trinajstić information content (AvgIpc) is 3.01. The zero-order valence-electron chi connectivity index (χ0n) is 11.9. The third-order valence-electron chi connectivity index (χ3n) is 3.30.